The molecule has 0 fully saturated rings. The highest BCUT2D eigenvalue weighted by Crippen LogP contribution is 2.33. The highest BCUT2D eigenvalue weighted by atomic mass is 19.4. The number of alkyl halides is 3. The summed E-state index contributed by atoms with van der Waals surface area (Å²) in [6.07, 6.45) is -4.90. The molecule has 0 bridgehead atoms. The van der Waals surface area contributed by atoms with Gasteiger partial charge in [0, 0.05) is 11.6 Å². The van der Waals surface area contributed by atoms with E-state index < -0.39 is 29.4 Å². The molecule has 15 heavy (non-hydrogen) atoms. The van der Waals surface area contributed by atoms with Crippen LogP contribution in [0.1, 0.15) is 24.1 Å². The highest BCUT2D eigenvalue weighted by molar-refractivity contribution is 5.29. The van der Waals surface area contributed by atoms with E-state index in [1.165, 1.54) is 6.92 Å². The molecule has 0 saturated carbocycles. The second-order valence-electron chi connectivity index (χ2n) is 3.14. The van der Waals surface area contributed by atoms with Crippen LogP contribution in [0, 0.1) is 11.6 Å². The summed E-state index contributed by atoms with van der Waals surface area (Å²) in [6, 6.07) is -0.265. The van der Waals surface area contributed by atoms with E-state index in [0.717, 1.165) is 0 Å². The maximum Gasteiger partial charge on any atom is 0.419 e. The molecule has 0 spiro atoms. The molecule has 2 N–H and O–H groups in total. The summed E-state index contributed by atoms with van der Waals surface area (Å²) in [5.41, 5.74) is 3.36. The van der Waals surface area contributed by atoms with Crippen molar-refractivity contribution in [3.8, 4) is 0 Å². The number of rotatable bonds is 1. The van der Waals surface area contributed by atoms with Gasteiger partial charge in [-0.1, -0.05) is 0 Å². The first-order valence-electron chi connectivity index (χ1n) is 4.05. The Morgan fingerprint density at radius 2 is 1.67 bits per heavy atom. The standard InChI is InChI=1S/C9H8F5N/c1-4(15)5-2-8(11)6(3-7(5)10)9(12,13)14/h2-4H,15H2,1H3. The van der Waals surface area contributed by atoms with Crippen LogP contribution in [0.5, 0.6) is 0 Å². The summed E-state index contributed by atoms with van der Waals surface area (Å²) in [7, 11) is 0. The van der Waals surface area contributed by atoms with Gasteiger partial charge < -0.3 is 5.73 Å². The number of hydrogen-bond donors (Lipinski definition) is 1. The predicted molar refractivity (Wildman–Crippen MR) is 44.0 cm³/mol. The van der Waals surface area contributed by atoms with Crippen LogP contribution in [-0.2, 0) is 6.18 Å². The Hall–Kier alpha value is -1.17. The smallest absolute Gasteiger partial charge is 0.324 e. The average molecular weight is 225 g/mol. The molecule has 1 aromatic rings. The van der Waals surface area contributed by atoms with Crippen LogP contribution < -0.4 is 5.73 Å². The summed E-state index contributed by atoms with van der Waals surface area (Å²) < 4.78 is 62.4. The third-order valence-corrected chi connectivity index (χ3v) is 1.88. The van der Waals surface area contributed by atoms with Gasteiger partial charge in [-0.15, -0.1) is 0 Å². The summed E-state index contributed by atoms with van der Waals surface area (Å²) in [5.74, 6) is -2.67. The van der Waals surface area contributed by atoms with E-state index in [9.17, 15) is 22.0 Å². The first-order valence-corrected chi connectivity index (χ1v) is 4.05. The zero-order valence-electron chi connectivity index (χ0n) is 7.70. The van der Waals surface area contributed by atoms with Crippen molar-refractivity contribution in [1.82, 2.24) is 0 Å². The first-order chi connectivity index (χ1) is 6.73. The van der Waals surface area contributed by atoms with E-state index in [1.807, 2.05) is 0 Å². The molecular weight excluding hydrogens is 217 g/mol. The Morgan fingerprint density at radius 1 is 1.13 bits per heavy atom. The number of halogens is 5. The lowest BCUT2D eigenvalue weighted by atomic mass is 10.0. The molecule has 0 radical (unpaired) electrons. The fourth-order valence-corrected chi connectivity index (χ4v) is 1.13. The average Bonchev–Trinajstić information content (AvgIpc) is 2.06. The van der Waals surface area contributed by atoms with E-state index in [1.54, 1.807) is 0 Å². The molecule has 0 heterocycles. The maximum absolute atomic E-state index is 13.1. The third kappa shape index (κ3) is 2.44. The zero-order chi connectivity index (χ0) is 11.8. The normalized spacial score (nSPS) is 14.1. The van der Waals surface area contributed by atoms with Gasteiger partial charge in [0.2, 0.25) is 0 Å². The van der Waals surface area contributed by atoms with E-state index in [-0.39, 0.29) is 11.6 Å². The van der Waals surface area contributed by atoms with Gasteiger partial charge in [0.25, 0.3) is 0 Å². The maximum atomic E-state index is 13.1. The van der Waals surface area contributed by atoms with Crippen LogP contribution in [0.25, 0.3) is 0 Å². The van der Waals surface area contributed by atoms with Gasteiger partial charge in [0.15, 0.2) is 0 Å². The quantitative estimate of drug-likeness (QED) is 0.730. The number of hydrogen-bond acceptors (Lipinski definition) is 1. The second kappa shape index (κ2) is 3.77. The van der Waals surface area contributed by atoms with Crippen molar-refractivity contribution in [2.24, 2.45) is 5.73 Å². The van der Waals surface area contributed by atoms with Crippen molar-refractivity contribution in [3.63, 3.8) is 0 Å². The van der Waals surface area contributed by atoms with Crippen LogP contribution in [0.15, 0.2) is 12.1 Å². The summed E-state index contributed by atoms with van der Waals surface area (Å²) in [6.45, 7) is 1.35. The van der Waals surface area contributed by atoms with Gasteiger partial charge in [-0.2, -0.15) is 13.2 Å². The Bertz CT molecular complexity index is 370. The van der Waals surface area contributed by atoms with E-state index in [4.69, 9.17) is 5.73 Å². The first kappa shape index (κ1) is 11.9. The van der Waals surface area contributed by atoms with Gasteiger partial charge in [-0.3, -0.25) is 0 Å². The molecule has 0 aromatic heterocycles. The molecule has 1 aromatic carbocycles. The highest BCUT2D eigenvalue weighted by Gasteiger charge is 2.35. The SMILES string of the molecule is CC(N)c1cc(F)c(C(F)(F)F)cc1F. The van der Waals surface area contributed by atoms with Crippen molar-refractivity contribution in [1.29, 1.82) is 0 Å². The van der Waals surface area contributed by atoms with Crippen molar-refractivity contribution in [3.05, 3.63) is 34.9 Å². The zero-order valence-corrected chi connectivity index (χ0v) is 7.70. The van der Waals surface area contributed by atoms with Gasteiger partial charge in [-0.25, -0.2) is 8.78 Å². The largest absolute Gasteiger partial charge is 0.419 e. The summed E-state index contributed by atoms with van der Waals surface area (Å²) in [4.78, 5) is 0. The fourth-order valence-electron chi connectivity index (χ4n) is 1.13. The molecule has 0 aliphatic rings. The molecule has 0 aliphatic carbocycles. The van der Waals surface area contributed by atoms with E-state index in [2.05, 4.69) is 0 Å². The summed E-state index contributed by atoms with van der Waals surface area (Å²) >= 11 is 0. The summed E-state index contributed by atoms with van der Waals surface area (Å²) in [5, 5.41) is 0. The lowest BCUT2D eigenvalue weighted by Crippen LogP contribution is -2.13. The fraction of sp³-hybridized carbons (Fsp3) is 0.333. The van der Waals surface area contributed by atoms with Crippen molar-refractivity contribution < 1.29 is 22.0 Å². The Labute approximate surface area is 82.7 Å². The molecule has 84 valence electrons. The van der Waals surface area contributed by atoms with Crippen LogP contribution in [-0.4, -0.2) is 0 Å². The number of nitrogens with two attached hydrogens (primary N) is 1. The second-order valence-corrected chi connectivity index (χ2v) is 3.14. The Balaban J connectivity index is 3.32. The van der Waals surface area contributed by atoms with Gasteiger partial charge >= 0.3 is 6.18 Å². The van der Waals surface area contributed by atoms with Crippen LogP contribution >= 0.6 is 0 Å². The van der Waals surface area contributed by atoms with Gasteiger partial charge in [-0.05, 0) is 19.1 Å². The molecule has 0 saturated heterocycles. The van der Waals surface area contributed by atoms with Crippen LogP contribution in [0.3, 0.4) is 0 Å². The van der Waals surface area contributed by atoms with Crippen molar-refractivity contribution in [2.45, 2.75) is 19.1 Å². The molecular formula is C9H8F5N. The van der Waals surface area contributed by atoms with E-state index in [0.29, 0.717) is 6.07 Å². The minimum atomic E-state index is -4.90. The van der Waals surface area contributed by atoms with Crippen molar-refractivity contribution in [2.75, 3.05) is 0 Å². The van der Waals surface area contributed by atoms with Crippen LogP contribution in [0.2, 0.25) is 0 Å². The molecule has 0 aliphatic heterocycles. The Kier molecular flexibility index (Phi) is 2.99. The lowest BCUT2D eigenvalue weighted by Gasteiger charge is -2.12. The topological polar surface area (TPSA) is 26.0 Å². The monoisotopic (exact) mass is 225 g/mol. The molecule has 1 nitrogen and oxygen atoms in total. The molecule has 0 amide bonds. The minimum Gasteiger partial charge on any atom is -0.324 e. The van der Waals surface area contributed by atoms with Gasteiger partial charge in [0.1, 0.15) is 11.6 Å². The van der Waals surface area contributed by atoms with Crippen molar-refractivity contribution >= 4 is 0 Å². The lowest BCUT2D eigenvalue weighted by molar-refractivity contribution is -0.140. The van der Waals surface area contributed by atoms with E-state index >= 15 is 0 Å². The Morgan fingerprint density at radius 3 is 2.07 bits per heavy atom. The predicted octanol–water partition coefficient (Wildman–Crippen LogP) is 3.00. The molecule has 1 unspecified atom stereocenters. The minimum absolute atomic E-state index is 0.119. The molecule has 6 heteroatoms. The molecule has 1 atom stereocenters. The van der Waals surface area contributed by atoms with Crippen LogP contribution in [0.4, 0.5) is 22.0 Å². The third-order valence-electron chi connectivity index (χ3n) is 1.88. The molecule has 1 rings (SSSR count). The number of benzene rings is 1. The van der Waals surface area contributed by atoms with Gasteiger partial charge in [0.05, 0.1) is 5.56 Å².